The number of likely N-dealkylation sites (tertiary alicyclic amines) is 1. The molecule has 0 saturated carbocycles. The first kappa shape index (κ1) is 16.7. The van der Waals surface area contributed by atoms with Crippen LogP contribution in [0.3, 0.4) is 0 Å². The van der Waals surface area contributed by atoms with Crippen molar-refractivity contribution in [2.45, 2.75) is 57.7 Å². The van der Waals surface area contributed by atoms with E-state index < -0.39 is 8.32 Å². The number of hydrogen-bond acceptors (Lipinski definition) is 3. The summed E-state index contributed by atoms with van der Waals surface area (Å²) >= 11 is 0. The van der Waals surface area contributed by atoms with Gasteiger partial charge in [0.25, 0.3) is 0 Å². The van der Waals surface area contributed by atoms with Gasteiger partial charge in [-0.15, -0.1) is 0 Å². The van der Waals surface area contributed by atoms with Gasteiger partial charge in [0.2, 0.25) is 0 Å². The van der Waals surface area contributed by atoms with Crippen LogP contribution < -0.4 is 0 Å². The highest BCUT2D eigenvalue weighted by Crippen LogP contribution is 2.38. The van der Waals surface area contributed by atoms with Crippen LogP contribution >= 0.6 is 0 Å². The number of aliphatic hydroxyl groups is 1. The van der Waals surface area contributed by atoms with E-state index in [-0.39, 0.29) is 17.2 Å². The van der Waals surface area contributed by atoms with Crippen molar-refractivity contribution in [3.8, 4) is 0 Å². The van der Waals surface area contributed by atoms with E-state index in [2.05, 4.69) is 63.0 Å². The summed E-state index contributed by atoms with van der Waals surface area (Å²) in [6.07, 6.45) is -0.419. The molecule has 3 nitrogen and oxygen atoms in total. The molecule has 1 aliphatic heterocycles. The molecule has 1 aliphatic rings. The SMILES string of the molecule is CC(C)(C)[Si](C)(C)O[C@@H]1CN(Cc2ccccc2)C[C@H]1O. The Labute approximate surface area is 130 Å². The van der Waals surface area contributed by atoms with Crippen molar-refractivity contribution in [3.05, 3.63) is 35.9 Å². The number of aliphatic hydroxyl groups excluding tert-OH is 1. The first-order valence-corrected chi connectivity index (χ1v) is 10.7. The maximum atomic E-state index is 10.3. The normalized spacial score (nSPS) is 24.5. The van der Waals surface area contributed by atoms with Crippen molar-refractivity contribution in [2.24, 2.45) is 0 Å². The van der Waals surface area contributed by atoms with Crippen molar-refractivity contribution in [3.63, 3.8) is 0 Å². The molecule has 0 radical (unpaired) electrons. The van der Waals surface area contributed by atoms with Gasteiger partial charge in [0.15, 0.2) is 8.32 Å². The van der Waals surface area contributed by atoms with Crippen LogP contribution in [0, 0.1) is 0 Å². The molecule has 1 N–H and O–H groups in total. The Morgan fingerprint density at radius 2 is 1.81 bits per heavy atom. The predicted molar refractivity (Wildman–Crippen MR) is 89.8 cm³/mol. The molecule has 1 heterocycles. The first-order chi connectivity index (χ1) is 9.69. The zero-order valence-electron chi connectivity index (χ0n) is 14.0. The topological polar surface area (TPSA) is 32.7 Å². The molecule has 1 aromatic rings. The maximum absolute atomic E-state index is 10.3. The summed E-state index contributed by atoms with van der Waals surface area (Å²) in [4.78, 5) is 2.29. The summed E-state index contributed by atoms with van der Waals surface area (Å²) in [6, 6.07) is 10.4. The summed E-state index contributed by atoms with van der Waals surface area (Å²) < 4.78 is 6.39. The van der Waals surface area contributed by atoms with Gasteiger partial charge in [0.1, 0.15) is 0 Å². The third-order valence-corrected chi connectivity index (χ3v) is 9.32. The highest BCUT2D eigenvalue weighted by atomic mass is 28.4. The van der Waals surface area contributed by atoms with Crippen molar-refractivity contribution < 1.29 is 9.53 Å². The van der Waals surface area contributed by atoms with Crippen molar-refractivity contribution in [2.75, 3.05) is 13.1 Å². The summed E-state index contributed by atoms with van der Waals surface area (Å²) in [5.74, 6) is 0. The molecule has 0 aliphatic carbocycles. The van der Waals surface area contributed by atoms with Crippen LogP contribution in [0.2, 0.25) is 18.1 Å². The third-order valence-electron chi connectivity index (χ3n) is 4.81. The lowest BCUT2D eigenvalue weighted by atomic mass is 10.2. The fourth-order valence-electron chi connectivity index (χ4n) is 2.47. The number of rotatable bonds is 4. The highest BCUT2D eigenvalue weighted by Gasteiger charge is 2.43. The second-order valence-corrected chi connectivity index (χ2v) is 12.4. The lowest BCUT2D eigenvalue weighted by Crippen LogP contribution is -2.47. The van der Waals surface area contributed by atoms with E-state index in [9.17, 15) is 5.11 Å². The van der Waals surface area contributed by atoms with E-state index >= 15 is 0 Å². The van der Waals surface area contributed by atoms with E-state index in [1.807, 2.05) is 6.07 Å². The van der Waals surface area contributed by atoms with Crippen LogP contribution in [0.4, 0.5) is 0 Å². The van der Waals surface area contributed by atoms with Gasteiger partial charge in [-0.05, 0) is 23.7 Å². The Hall–Kier alpha value is -0.683. The van der Waals surface area contributed by atoms with Gasteiger partial charge in [-0.25, -0.2) is 0 Å². The van der Waals surface area contributed by atoms with E-state index in [1.165, 1.54) is 5.56 Å². The van der Waals surface area contributed by atoms with Gasteiger partial charge in [-0.3, -0.25) is 4.90 Å². The summed E-state index contributed by atoms with van der Waals surface area (Å²) in [5.41, 5.74) is 1.29. The molecule has 0 aromatic heterocycles. The predicted octanol–water partition coefficient (Wildman–Crippen LogP) is 3.25. The van der Waals surface area contributed by atoms with E-state index in [0.717, 1.165) is 13.1 Å². The van der Waals surface area contributed by atoms with Gasteiger partial charge in [0, 0.05) is 19.6 Å². The molecule has 118 valence electrons. The summed E-state index contributed by atoms with van der Waals surface area (Å²) in [6.45, 7) is 13.6. The Bertz CT molecular complexity index is 456. The Morgan fingerprint density at radius 1 is 1.19 bits per heavy atom. The van der Waals surface area contributed by atoms with Gasteiger partial charge in [-0.2, -0.15) is 0 Å². The van der Waals surface area contributed by atoms with E-state index in [0.29, 0.717) is 6.54 Å². The van der Waals surface area contributed by atoms with Gasteiger partial charge >= 0.3 is 0 Å². The number of nitrogens with zero attached hydrogens (tertiary/aromatic N) is 1. The number of hydrogen-bond donors (Lipinski definition) is 1. The fraction of sp³-hybridized carbons (Fsp3) is 0.647. The maximum Gasteiger partial charge on any atom is 0.192 e. The fourth-order valence-corrected chi connectivity index (χ4v) is 3.82. The van der Waals surface area contributed by atoms with Crippen LogP contribution in [0.1, 0.15) is 26.3 Å². The molecule has 1 saturated heterocycles. The van der Waals surface area contributed by atoms with Crippen molar-refractivity contribution in [1.82, 2.24) is 4.90 Å². The monoisotopic (exact) mass is 307 g/mol. The lowest BCUT2D eigenvalue weighted by molar-refractivity contribution is 0.0643. The molecule has 1 aromatic carbocycles. The van der Waals surface area contributed by atoms with Crippen molar-refractivity contribution >= 4 is 8.32 Å². The van der Waals surface area contributed by atoms with Gasteiger partial charge in [0.05, 0.1) is 12.2 Å². The zero-order valence-corrected chi connectivity index (χ0v) is 15.0. The van der Waals surface area contributed by atoms with E-state index in [1.54, 1.807) is 0 Å². The highest BCUT2D eigenvalue weighted by molar-refractivity contribution is 6.74. The molecular weight excluding hydrogens is 278 g/mol. The average Bonchev–Trinajstić information content (AvgIpc) is 2.69. The van der Waals surface area contributed by atoms with Crippen LogP contribution in [0.25, 0.3) is 0 Å². The average molecular weight is 308 g/mol. The summed E-state index contributed by atoms with van der Waals surface area (Å²) in [7, 11) is -1.82. The second-order valence-electron chi connectivity index (χ2n) is 7.66. The molecule has 0 spiro atoms. The molecule has 0 amide bonds. The Balaban J connectivity index is 1.95. The Kier molecular flexibility index (Phi) is 4.93. The first-order valence-electron chi connectivity index (χ1n) is 7.81. The molecule has 21 heavy (non-hydrogen) atoms. The minimum Gasteiger partial charge on any atom is -0.410 e. The lowest BCUT2D eigenvalue weighted by Gasteiger charge is -2.39. The molecule has 4 heteroatoms. The summed E-state index contributed by atoms with van der Waals surface area (Å²) in [5, 5.41) is 10.5. The number of benzene rings is 1. The minimum absolute atomic E-state index is 0.0467. The molecular formula is C17H29NO2Si. The van der Waals surface area contributed by atoms with Crippen LogP contribution in [0.15, 0.2) is 30.3 Å². The quantitative estimate of drug-likeness (QED) is 0.867. The standard InChI is InChI=1S/C17H29NO2Si/c1-17(2,3)21(4,5)20-16-13-18(12-15(16)19)11-14-9-7-6-8-10-14/h6-10,15-16,19H,11-13H2,1-5H3/t15-,16-/m1/s1. The van der Waals surface area contributed by atoms with Crippen LogP contribution in [-0.4, -0.2) is 43.6 Å². The van der Waals surface area contributed by atoms with Gasteiger partial charge < -0.3 is 9.53 Å². The number of β-amino-alcohol motifs (C(OH)–C–C–N with tert-alkyl or cyclic N) is 1. The van der Waals surface area contributed by atoms with Crippen LogP contribution in [0.5, 0.6) is 0 Å². The minimum atomic E-state index is -1.82. The zero-order chi connectivity index (χ0) is 15.7. The molecule has 2 atom stereocenters. The van der Waals surface area contributed by atoms with Crippen molar-refractivity contribution in [1.29, 1.82) is 0 Å². The molecule has 0 unspecified atom stereocenters. The molecule has 2 rings (SSSR count). The second kappa shape index (κ2) is 6.21. The van der Waals surface area contributed by atoms with E-state index in [4.69, 9.17) is 4.43 Å². The molecule has 0 bridgehead atoms. The molecule has 1 fully saturated rings. The van der Waals surface area contributed by atoms with Crippen LogP contribution in [-0.2, 0) is 11.0 Å². The van der Waals surface area contributed by atoms with Gasteiger partial charge in [-0.1, -0.05) is 51.1 Å². The Morgan fingerprint density at radius 3 is 2.38 bits per heavy atom. The largest absolute Gasteiger partial charge is 0.410 e. The third kappa shape index (κ3) is 4.16. The smallest absolute Gasteiger partial charge is 0.192 e.